The van der Waals surface area contributed by atoms with E-state index in [1.165, 1.54) is 0 Å². The van der Waals surface area contributed by atoms with Gasteiger partial charge in [-0.3, -0.25) is 4.79 Å². The van der Waals surface area contributed by atoms with E-state index in [1.54, 1.807) is 0 Å². The molecule has 2 aliphatic rings. The lowest BCUT2D eigenvalue weighted by molar-refractivity contribution is -0.132. The Hall–Kier alpha value is -1.89. The Bertz CT molecular complexity index is 593. The minimum Gasteiger partial charge on any atom is -0.378 e. The van der Waals surface area contributed by atoms with Crippen molar-refractivity contribution < 1.29 is 9.53 Å². The molecule has 3 rings (SSSR count). The maximum atomic E-state index is 12.2. The molecule has 3 heterocycles. The van der Waals surface area contributed by atoms with Gasteiger partial charge in [0.2, 0.25) is 11.9 Å². The molecular weight excluding hydrogens is 318 g/mol. The van der Waals surface area contributed by atoms with E-state index in [1.807, 2.05) is 17.9 Å². The zero-order valence-corrected chi connectivity index (χ0v) is 15.6. The highest BCUT2D eigenvalue weighted by molar-refractivity contribution is 5.76. The number of amides is 1. The predicted octanol–water partition coefficient (Wildman–Crippen LogP) is 1.32. The summed E-state index contributed by atoms with van der Waals surface area (Å²) in [6, 6.07) is 2.04. The van der Waals surface area contributed by atoms with E-state index in [0.29, 0.717) is 12.3 Å². The van der Waals surface area contributed by atoms with Gasteiger partial charge in [-0.1, -0.05) is 13.8 Å². The normalized spacial score (nSPS) is 18.8. The standard InChI is InChI=1S/C18H29N5O2/c1-14(2)12-17(24)22-4-6-23(7-5-22)18-19-15(3)13-16(20-18)21-8-10-25-11-9-21/h13-14H,4-12H2,1-3H3. The van der Waals surface area contributed by atoms with Crippen LogP contribution < -0.4 is 9.80 Å². The summed E-state index contributed by atoms with van der Waals surface area (Å²) < 4.78 is 5.43. The summed E-state index contributed by atoms with van der Waals surface area (Å²) in [5.41, 5.74) is 0.977. The first kappa shape index (κ1) is 17.9. The fraction of sp³-hybridized carbons (Fsp3) is 0.722. The van der Waals surface area contributed by atoms with Crippen LogP contribution in [0.4, 0.5) is 11.8 Å². The van der Waals surface area contributed by atoms with Gasteiger partial charge in [-0.25, -0.2) is 4.98 Å². The van der Waals surface area contributed by atoms with Crippen LogP contribution in [0.2, 0.25) is 0 Å². The van der Waals surface area contributed by atoms with Gasteiger partial charge in [-0.15, -0.1) is 0 Å². The largest absolute Gasteiger partial charge is 0.378 e. The molecule has 2 saturated heterocycles. The van der Waals surface area contributed by atoms with Gasteiger partial charge >= 0.3 is 0 Å². The summed E-state index contributed by atoms with van der Waals surface area (Å²) in [6.45, 7) is 12.5. The summed E-state index contributed by atoms with van der Waals surface area (Å²) in [5, 5.41) is 0. The SMILES string of the molecule is Cc1cc(N2CCOCC2)nc(N2CCN(C(=O)CC(C)C)CC2)n1. The number of ether oxygens (including phenoxy) is 1. The molecule has 0 bridgehead atoms. The highest BCUT2D eigenvalue weighted by atomic mass is 16.5. The molecule has 0 N–H and O–H groups in total. The number of aryl methyl sites for hydroxylation is 1. The molecule has 0 aliphatic carbocycles. The van der Waals surface area contributed by atoms with Gasteiger partial charge < -0.3 is 19.4 Å². The molecule has 7 nitrogen and oxygen atoms in total. The predicted molar refractivity (Wildman–Crippen MR) is 98.0 cm³/mol. The van der Waals surface area contributed by atoms with Gasteiger partial charge in [0.25, 0.3) is 0 Å². The quantitative estimate of drug-likeness (QED) is 0.819. The lowest BCUT2D eigenvalue weighted by Gasteiger charge is -2.36. The number of nitrogens with zero attached hydrogens (tertiary/aromatic N) is 5. The Labute approximate surface area is 150 Å². The van der Waals surface area contributed by atoms with Crippen LogP contribution in [0.15, 0.2) is 6.07 Å². The molecular formula is C18H29N5O2. The van der Waals surface area contributed by atoms with Gasteiger partial charge in [-0.05, 0) is 12.8 Å². The third-order valence-corrected chi connectivity index (χ3v) is 4.66. The third kappa shape index (κ3) is 4.60. The molecule has 0 unspecified atom stereocenters. The van der Waals surface area contributed by atoms with Crippen molar-refractivity contribution in [3.05, 3.63) is 11.8 Å². The maximum Gasteiger partial charge on any atom is 0.227 e. The summed E-state index contributed by atoms with van der Waals surface area (Å²) in [5.74, 6) is 2.41. The highest BCUT2D eigenvalue weighted by Crippen LogP contribution is 2.20. The zero-order valence-electron chi connectivity index (χ0n) is 15.6. The molecule has 1 aromatic rings. The molecule has 7 heteroatoms. The van der Waals surface area contributed by atoms with E-state index in [4.69, 9.17) is 9.72 Å². The molecule has 25 heavy (non-hydrogen) atoms. The Balaban J connectivity index is 1.64. The molecule has 0 aromatic carbocycles. The molecule has 0 radical (unpaired) electrons. The highest BCUT2D eigenvalue weighted by Gasteiger charge is 2.24. The number of carbonyl (C=O) groups excluding carboxylic acids is 1. The summed E-state index contributed by atoms with van der Waals surface area (Å²) >= 11 is 0. The van der Waals surface area contributed by atoms with E-state index < -0.39 is 0 Å². The van der Waals surface area contributed by atoms with Gasteiger partial charge in [0.1, 0.15) is 5.82 Å². The smallest absolute Gasteiger partial charge is 0.227 e. The lowest BCUT2D eigenvalue weighted by atomic mass is 10.1. The Kier molecular flexibility index (Phi) is 5.73. The minimum absolute atomic E-state index is 0.258. The first-order chi connectivity index (χ1) is 12.0. The summed E-state index contributed by atoms with van der Waals surface area (Å²) in [4.78, 5) is 28.0. The van der Waals surface area contributed by atoms with E-state index in [2.05, 4.69) is 28.6 Å². The zero-order chi connectivity index (χ0) is 17.8. The van der Waals surface area contributed by atoms with Crippen molar-refractivity contribution in [3.63, 3.8) is 0 Å². The van der Waals surface area contributed by atoms with Crippen LogP contribution in [0.3, 0.4) is 0 Å². The van der Waals surface area contributed by atoms with Gasteiger partial charge in [0, 0.05) is 57.4 Å². The Morgan fingerprint density at radius 3 is 2.40 bits per heavy atom. The molecule has 1 aromatic heterocycles. The van der Waals surface area contributed by atoms with Crippen molar-refractivity contribution in [2.24, 2.45) is 5.92 Å². The van der Waals surface area contributed by atoms with Crippen LogP contribution in [0, 0.1) is 12.8 Å². The molecule has 0 saturated carbocycles. The van der Waals surface area contributed by atoms with Crippen LogP contribution in [0.1, 0.15) is 26.0 Å². The monoisotopic (exact) mass is 347 g/mol. The number of anilines is 2. The topological polar surface area (TPSA) is 61.8 Å². The van der Waals surface area contributed by atoms with Gasteiger partial charge in [0.15, 0.2) is 0 Å². The second-order valence-electron chi connectivity index (χ2n) is 7.23. The first-order valence-electron chi connectivity index (χ1n) is 9.24. The van der Waals surface area contributed by atoms with Gasteiger partial charge in [0.05, 0.1) is 13.2 Å². The lowest BCUT2D eigenvalue weighted by Crippen LogP contribution is -2.49. The van der Waals surface area contributed by atoms with E-state index in [9.17, 15) is 4.79 Å². The summed E-state index contributed by atoms with van der Waals surface area (Å²) in [7, 11) is 0. The molecule has 2 fully saturated rings. The van der Waals surface area contributed by atoms with Crippen LogP contribution in [-0.2, 0) is 9.53 Å². The molecule has 2 aliphatic heterocycles. The van der Waals surface area contributed by atoms with Crippen molar-refractivity contribution in [3.8, 4) is 0 Å². The molecule has 138 valence electrons. The van der Waals surface area contributed by atoms with Crippen molar-refractivity contribution in [1.29, 1.82) is 0 Å². The number of morpholine rings is 1. The van der Waals surface area contributed by atoms with Crippen LogP contribution >= 0.6 is 0 Å². The molecule has 0 atom stereocenters. The number of carbonyl (C=O) groups is 1. The number of aromatic nitrogens is 2. The fourth-order valence-electron chi connectivity index (χ4n) is 3.27. The molecule has 0 spiro atoms. The van der Waals surface area contributed by atoms with E-state index in [0.717, 1.165) is 69.9 Å². The average Bonchev–Trinajstić information content (AvgIpc) is 2.61. The van der Waals surface area contributed by atoms with Crippen molar-refractivity contribution in [1.82, 2.24) is 14.9 Å². The van der Waals surface area contributed by atoms with Crippen molar-refractivity contribution in [2.75, 3.05) is 62.3 Å². The molecule has 1 amide bonds. The third-order valence-electron chi connectivity index (χ3n) is 4.66. The number of rotatable bonds is 4. The van der Waals surface area contributed by atoms with Crippen molar-refractivity contribution in [2.45, 2.75) is 27.2 Å². The number of piperazine rings is 1. The van der Waals surface area contributed by atoms with Crippen LogP contribution in [-0.4, -0.2) is 73.3 Å². The average molecular weight is 347 g/mol. The van der Waals surface area contributed by atoms with Gasteiger partial charge in [-0.2, -0.15) is 4.98 Å². The minimum atomic E-state index is 0.258. The Morgan fingerprint density at radius 1 is 1.08 bits per heavy atom. The number of hydrogen-bond acceptors (Lipinski definition) is 6. The van der Waals surface area contributed by atoms with E-state index >= 15 is 0 Å². The second kappa shape index (κ2) is 7.99. The first-order valence-corrected chi connectivity index (χ1v) is 9.24. The van der Waals surface area contributed by atoms with E-state index in [-0.39, 0.29) is 5.91 Å². The summed E-state index contributed by atoms with van der Waals surface area (Å²) in [6.07, 6.45) is 0.627. The van der Waals surface area contributed by atoms with Crippen molar-refractivity contribution >= 4 is 17.7 Å². The number of hydrogen-bond donors (Lipinski definition) is 0. The second-order valence-corrected chi connectivity index (χ2v) is 7.23. The van der Waals surface area contributed by atoms with Crippen LogP contribution in [0.25, 0.3) is 0 Å². The van der Waals surface area contributed by atoms with Crippen LogP contribution in [0.5, 0.6) is 0 Å². The maximum absolute atomic E-state index is 12.2. The fourth-order valence-corrected chi connectivity index (χ4v) is 3.27. The Morgan fingerprint density at radius 2 is 1.76 bits per heavy atom.